The van der Waals surface area contributed by atoms with E-state index in [4.69, 9.17) is 23.2 Å². The lowest BCUT2D eigenvalue weighted by molar-refractivity contribution is 0.103. The van der Waals surface area contributed by atoms with Gasteiger partial charge in [0.25, 0.3) is 0 Å². The first-order valence-corrected chi connectivity index (χ1v) is 11.3. The Morgan fingerprint density at radius 2 is 1.63 bits per heavy atom. The zero-order valence-corrected chi connectivity index (χ0v) is 18.1. The first-order valence-electron chi connectivity index (χ1n) is 8.76. The van der Waals surface area contributed by atoms with E-state index in [1.807, 2.05) is 32.9 Å². The summed E-state index contributed by atoms with van der Waals surface area (Å²) in [5.41, 5.74) is 1.64. The number of rotatable bonds is 7. The fourth-order valence-electron chi connectivity index (χ4n) is 2.88. The number of sulfone groups is 1. The predicted molar refractivity (Wildman–Crippen MR) is 113 cm³/mol. The van der Waals surface area contributed by atoms with Gasteiger partial charge in [0, 0.05) is 16.1 Å². The first-order chi connectivity index (χ1) is 12.5. The summed E-state index contributed by atoms with van der Waals surface area (Å²) >= 11 is 12.0. The van der Waals surface area contributed by atoms with Gasteiger partial charge in [0.05, 0.1) is 16.5 Å². The second-order valence-electron chi connectivity index (χ2n) is 7.91. The molecule has 0 N–H and O–H groups in total. The molecule has 146 valence electrons. The number of carbonyl (C=O) groups is 1. The Morgan fingerprint density at radius 3 is 2.22 bits per heavy atom. The molecule has 0 aromatic heterocycles. The standard InChI is InChI=1S/C21H24Cl2O3S/c1-21(2,3)14-27(25,26)12-4-5-15-6-8-16(9-7-15)20(24)18-13-17(22)10-11-19(18)23/h6-11,13H,4-5,12,14H2,1-3H3. The molecule has 0 saturated carbocycles. The third kappa shape index (κ3) is 6.95. The third-order valence-electron chi connectivity index (χ3n) is 3.96. The van der Waals surface area contributed by atoms with Crippen LogP contribution in [0.15, 0.2) is 42.5 Å². The summed E-state index contributed by atoms with van der Waals surface area (Å²) < 4.78 is 24.3. The Morgan fingerprint density at radius 1 is 1.00 bits per heavy atom. The highest BCUT2D eigenvalue weighted by molar-refractivity contribution is 7.91. The van der Waals surface area contributed by atoms with E-state index in [0.29, 0.717) is 34.0 Å². The molecule has 0 aliphatic rings. The van der Waals surface area contributed by atoms with Crippen LogP contribution >= 0.6 is 23.2 Å². The Balaban J connectivity index is 1.99. The number of aryl methyl sites for hydroxylation is 1. The van der Waals surface area contributed by atoms with Crippen LogP contribution in [0.3, 0.4) is 0 Å². The maximum atomic E-state index is 12.6. The van der Waals surface area contributed by atoms with Crippen LogP contribution in [0, 0.1) is 5.41 Å². The molecular formula is C21H24Cl2O3S. The summed E-state index contributed by atoms with van der Waals surface area (Å²) in [6.07, 6.45) is 1.21. The topological polar surface area (TPSA) is 51.2 Å². The van der Waals surface area contributed by atoms with E-state index in [1.165, 1.54) is 0 Å². The summed E-state index contributed by atoms with van der Waals surface area (Å²) in [7, 11) is -3.06. The normalized spacial score (nSPS) is 12.2. The molecule has 0 fully saturated rings. The lowest BCUT2D eigenvalue weighted by Crippen LogP contribution is -2.23. The monoisotopic (exact) mass is 426 g/mol. The van der Waals surface area contributed by atoms with Gasteiger partial charge in [-0.05, 0) is 42.0 Å². The van der Waals surface area contributed by atoms with Crippen molar-refractivity contribution in [2.24, 2.45) is 5.41 Å². The lowest BCUT2D eigenvalue weighted by Gasteiger charge is -2.17. The Labute approximate surface area is 171 Å². The van der Waals surface area contributed by atoms with E-state index in [2.05, 4.69) is 0 Å². The van der Waals surface area contributed by atoms with E-state index in [1.54, 1.807) is 30.3 Å². The van der Waals surface area contributed by atoms with E-state index in [9.17, 15) is 13.2 Å². The minimum absolute atomic E-state index is 0.170. The van der Waals surface area contributed by atoms with Gasteiger partial charge in [0.2, 0.25) is 0 Å². The molecule has 0 bridgehead atoms. The van der Waals surface area contributed by atoms with E-state index >= 15 is 0 Å². The van der Waals surface area contributed by atoms with Crippen molar-refractivity contribution in [2.45, 2.75) is 33.6 Å². The van der Waals surface area contributed by atoms with Gasteiger partial charge in [-0.25, -0.2) is 8.42 Å². The average Bonchev–Trinajstić information content (AvgIpc) is 2.55. The van der Waals surface area contributed by atoms with Crippen molar-refractivity contribution in [2.75, 3.05) is 11.5 Å². The van der Waals surface area contributed by atoms with E-state index in [0.717, 1.165) is 5.56 Å². The molecule has 0 unspecified atom stereocenters. The molecule has 0 saturated heterocycles. The quantitative estimate of drug-likeness (QED) is 0.539. The molecule has 2 aromatic rings. The molecule has 0 spiro atoms. The van der Waals surface area contributed by atoms with Crippen LogP contribution in [0.1, 0.15) is 48.7 Å². The van der Waals surface area contributed by atoms with Crippen LogP contribution < -0.4 is 0 Å². The van der Waals surface area contributed by atoms with Crippen LogP contribution in [-0.2, 0) is 16.3 Å². The first kappa shape index (κ1) is 21.9. The number of carbonyl (C=O) groups excluding carboxylic acids is 1. The van der Waals surface area contributed by atoms with Crippen molar-refractivity contribution in [1.29, 1.82) is 0 Å². The van der Waals surface area contributed by atoms with E-state index < -0.39 is 9.84 Å². The molecule has 0 aliphatic heterocycles. The Bertz CT molecular complexity index is 911. The van der Waals surface area contributed by atoms with Gasteiger partial charge in [-0.2, -0.15) is 0 Å². The molecule has 0 radical (unpaired) electrons. The van der Waals surface area contributed by atoms with Gasteiger partial charge >= 0.3 is 0 Å². The number of benzene rings is 2. The molecule has 27 heavy (non-hydrogen) atoms. The van der Waals surface area contributed by atoms with Crippen molar-refractivity contribution in [1.82, 2.24) is 0 Å². The molecule has 0 atom stereocenters. The zero-order chi connectivity index (χ0) is 20.2. The van der Waals surface area contributed by atoms with Crippen molar-refractivity contribution in [3.05, 3.63) is 69.2 Å². The lowest BCUT2D eigenvalue weighted by atomic mass is 10.0. The summed E-state index contributed by atoms with van der Waals surface area (Å²) in [5, 5.41) is 0.813. The molecule has 6 heteroatoms. The largest absolute Gasteiger partial charge is 0.289 e. The van der Waals surface area contributed by atoms with Crippen LogP contribution in [0.25, 0.3) is 0 Å². The van der Waals surface area contributed by atoms with Crippen molar-refractivity contribution < 1.29 is 13.2 Å². The Hall–Kier alpha value is -1.36. The maximum Gasteiger partial charge on any atom is 0.194 e. The second kappa shape index (κ2) is 8.76. The SMILES string of the molecule is CC(C)(C)CS(=O)(=O)CCCc1ccc(C(=O)c2cc(Cl)ccc2Cl)cc1. The number of hydrogen-bond acceptors (Lipinski definition) is 3. The molecule has 0 heterocycles. The van der Waals surface area contributed by atoms with Crippen LogP contribution in [0.5, 0.6) is 0 Å². The highest BCUT2D eigenvalue weighted by Crippen LogP contribution is 2.24. The average molecular weight is 427 g/mol. The fraction of sp³-hybridized carbons (Fsp3) is 0.381. The summed E-state index contributed by atoms with van der Waals surface area (Å²) in [4.78, 5) is 12.6. The summed E-state index contributed by atoms with van der Waals surface area (Å²) in [5.74, 6) is 0.165. The number of ketones is 1. The highest BCUT2D eigenvalue weighted by Gasteiger charge is 2.21. The smallest absolute Gasteiger partial charge is 0.194 e. The van der Waals surface area contributed by atoms with Gasteiger partial charge in [-0.1, -0.05) is 68.2 Å². The molecule has 0 amide bonds. The molecule has 2 aromatic carbocycles. The molecule has 0 aliphatic carbocycles. The second-order valence-corrected chi connectivity index (χ2v) is 10.9. The fourth-order valence-corrected chi connectivity index (χ4v) is 5.30. The van der Waals surface area contributed by atoms with Crippen molar-refractivity contribution in [3.8, 4) is 0 Å². The van der Waals surface area contributed by atoms with Gasteiger partial charge in [0.1, 0.15) is 0 Å². The van der Waals surface area contributed by atoms with Crippen LogP contribution in [0.2, 0.25) is 10.0 Å². The number of hydrogen-bond donors (Lipinski definition) is 0. The van der Waals surface area contributed by atoms with Crippen LogP contribution in [0.4, 0.5) is 0 Å². The maximum absolute atomic E-state index is 12.6. The molecule has 3 nitrogen and oxygen atoms in total. The van der Waals surface area contributed by atoms with Crippen molar-refractivity contribution in [3.63, 3.8) is 0 Å². The van der Waals surface area contributed by atoms with Gasteiger partial charge in [-0.15, -0.1) is 0 Å². The van der Waals surface area contributed by atoms with Gasteiger partial charge in [0.15, 0.2) is 15.6 Å². The Kier molecular flexibility index (Phi) is 7.12. The van der Waals surface area contributed by atoms with Crippen LogP contribution in [-0.4, -0.2) is 25.7 Å². The minimum Gasteiger partial charge on any atom is -0.289 e. The third-order valence-corrected chi connectivity index (χ3v) is 6.74. The van der Waals surface area contributed by atoms with Gasteiger partial charge in [-0.3, -0.25) is 4.79 Å². The number of halogens is 2. The minimum atomic E-state index is -3.06. The predicted octanol–water partition coefficient (Wildman–Crippen LogP) is 5.62. The summed E-state index contributed by atoms with van der Waals surface area (Å²) in [6.45, 7) is 5.77. The zero-order valence-electron chi connectivity index (χ0n) is 15.8. The van der Waals surface area contributed by atoms with Gasteiger partial charge < -0.3 is 0 Å². The van der Waals surface area contributed by atoms with E-state index in [-0.39, 0.29) is 22.7 Å². The molecular weight excluding hydrogens is 403 g/mol. The van der Waals surface area contributed by atoms with Crippen molar-refractivity contribution >= 4 is 38.8 Å². The summed E-state index contributed by atoms with van der Waals surface area (Å²) in [6, 6.07) is 12.0. The highest BCUT2D eigenvalue weighted by atomic mass is 35.5. The molecule has 2 rings (SSSR count).